The molecule has 102 valence electrons. The van der Waals surface area contributed by atoms with E-state index in [-0.39, 0.29) is 5.69 Å². The quantitative estimate of drug-likeness (QED) is 0.418. The van der Waals surface area contributed by atoms with Crippen LogP contribution in [0.5, 0.6) is 0 Å². The Bertz CT molecular complexity index is 828. The van der Waals surface area contributed by atoms with Gasteiger partial charge in [0, 0.05) is 12.1 Å². The van der Waals surface area contributed by atoms with Gasteiger partial charge in [0.15, 0.2) is 0 Å². The first-order valence-electron chi connectivity index (χ1n) is 6.23. The monoisotopic (exact) mass is 278 g/mol. The van der Waals surface area contributed by atoms with E-state index in [1.165, 1.54) is 12.1 Å². The van der Waals surface area contributed by atoms with Crippen molar-refractivity contribution in [2.75, 3.05) is 0 Å². The fraction of sp³-hybridized carbons (Fsp3) is 0. The van der Waals surface area contributed by atoms with E-state index in [9.17, 15) is 10.1 Å². The van der Waals surface area contributed by atoms with Gasteiger partial charge in [0.05, 0.1) is 34.1 Å². The van der Waals surface area contributed by atoms with E-state index in [1.54, 1.807) is 24.5 Å². The van der Waals surface area contributed by atoms with E-state index in [4.69, 9.17) is 0 Å². The van der Waals surface area contributed by atoms with Gasteiger partial charge in [0.1, 0.15) is 5.69 Å². The second-order valence-corrected chi connectivity index (χ2v) is 4.32. The Hall–Kier alpha value is -3.15. The fourth-order valence-corrected chi connectivity index (χ4v) is 1.83. The molecule has 0 spiro atoms. The summed E-state index contributed by atoms with van der Waals surface area (Å²) in [7, 11) is 0. The molecule has 0 unspecified atom stereocenters. The number of fused-ring (bicyclic) bond motifs is 1. The van der Waals surface area contributed by atoms with Gasteiger partial charge in [-0.25, -0.2) is 4.98 Å². The van der Waals surface area contributed by atoms with E-state index in [0.717, 1.165) is 11.0 Å². The minimum Gasteiger partial charge on any atom is -0.258 e. The number of benzene rings is 2. The molecule has 2 aromatic carbocycles. The Morgan fingerprint density at radius 2 is 1.76 bits per heavy atom. The maximum atomic E-state index is 10.6. The molecule has 0 bridgehead atoms. The highest BCUT2D eigenvalue weighted by Crippen LogP contribution is 2.17. The molecule has 0 amide bonds. The lowest BCUT2D eigenvalue weighted by molar-refractivity contribution is -0.384. The SMILES string of the molecule is O=[N+]([O-])c1ccc(N=Cc2cnc3ccccc3n2)cc1. The third-order valence-corrected chi connectivity index (χ3v) is 2.87. The predicted octanol–water partition coefficient (Wildman–Crippen LogP) is 3.29. The normalized spacial score (nSPS) is 11.0. The average Bonchev–Trinajstić information content (AvgIpc) is 2.53. The Morgan fingerprint density at radius 3 is 2.48 bits per heavy atom. The van der Waals surface area contributed by atoms with Crippen molar-refractivity contribution in [1.29, 1.82) is 0 Å². The molecule has 0 aliphatic rings. The second-order valence-electron chi connectivity index (χ2n) is 4.32. The molecule has 0 saturated carbocycles. The van der Waals surface area contributed by atoms with Crippen molar-refractivity contribution in [3.8, 4) is 0 Å². The number of aromatic nitrogens is 2. The molecule has 21 heavy (non-hydrogen) atoms. The van der Waals surface area contributed by atoms with Crippen molar-refractivity contribution in [1.82, 2.24) is 9.97 Å². The first-order valence-corrected chi connectivity index (χ1v) is 6.23. The molecule has 6 heteroatoms. The Labute approximate surface area is 120 Å². The summed E-state index contributed by atoms with van der Waals surface area (Å²) in [6.45, 7) is 0. The summed E-state index contributed by atoms with van der Waals surface area (Å²) in [5, 5.41) is 10.6. The van der Waals surface area contributed by atoms with Crippen LogP contribution in [0.15, 0.2) is 59.7 Å². The van der Waals surface area contributed by atoms with Gasteiger partial charge in [0.25, 0.3) is 5.69 Å². The standard InChI is InChI=1S/C15H10N4O2/c20-19(21)13-7-5-11(6-8-13)16-9-12-10-17-14-3-1-2-4-15(14)18-12/h1-10H. The molecule has 0 saturated heterocycles. The molecule has 0 atom stereocenters. The summed E-state index contributed by atoms with van der Waals surface area (Å²) in [6, 6.07) is 13.6. The van der Waals surface area contributed by atoms with Crippen molar-refractivity contribution in [2.24, 2.45) is 4.99 Å². The summed E-state index contributed by atoms with van der Waals surface area (Å²) in [6.07, 6.45) is 3.22. The van der Waals surface area contributed by atoms with Gasteiger partial charge in [-0.1, -0.05) is 12.1 Å². The molecule has 0 aliphatic carbocycles. The predicted molar refractivity (Wildman–Crippen MR) is 79.9 cm³/mol. The smallest absolute Gasteiger partial charge is 0.258 e. The van der Waals surface area contributed by atoms with E-state index in [0.29, 0.717) is 11.4 Å². The maximum Gasteiger partial charge on any atom is 0.269 e. The lowest BCUT2D eigenvalue weighted by Gasteiger charge is -1.97. The highest BCUT2D eigenvalue weighted by atomic mass is 16.6. The van der Waals surface area contributed by atoms with Gasteiger partial charge in [-0.2, -0.15) is 0 Å². The van der Waals surface area contributed by atoms with Crippen LogP contribution >= 0.6 is 0 Å². The third-order valence-electron chi connectivity index (χ3n) is 2.87. The molecule has 6 nitrogen and oxygen atoms in total. The highest BCUT2D eigenvalue weighted by molar-refractivity contribution is 5.83. The lowest BCUT2D eigenvalue weighted by atomic mass is 10.3. The summed E-state index contributed by atoms with van der Waals surface area (Å²) >= 11 is 0. The molecule has 0 N–H and O–H groups in total. The van der Waals surface area contributed by atoms with Gasteiger partial charge < -0.3 is 0 Å². The number of para-hydroxylation sites is 2. The van der Waals surface area contributed by atoms with E-state index in [1.807, 2.05) is 24.3 Å². The molecule has 3 aromatic rings. The zero-order chi connectivity index (χ0) is 14.7. The van der Waals surface area contributed by atoms with Gasteiger partial charge in [-0.05, 0) is 24.3 Å². The van der Waals surface area contributed by atoms with Crippen LogP contribution in [0.2, 0.25) is 0 Å². The van der Waals surface area contributed by atoms with Crippen molar-refractivity contribution in [3.05, 3.63) is 70.5 Å². The number of rotatable bonds is 3. The van der Waals surface area contributed by atoms with Crippen molar-refractivity contribution in [3.63, 3.8) is 0 Å². The van der Waals surface area contributed by atoms with Crippen LogP contribution in [0.25, 0.3) is 11.0 Å². The van der Waals surface area contributed by atoms with Gasteiger partial charge >= 0.3 is 0 Å². The van der Waals surface area contributed by atoms with E-state index >= 15 is 0 Å². The number of hydrogen-bond acceptors (Lipinski definition) is 5. The molecule has 0 aliphatic heterocycles. The fourth-order valence-electron chi connectivity index (χ4n) is 1.83. The summed E-state index contributed by atoms with van der Waals surface area (Å²) in [5.41, 5.74) is 2.91. The van der Waals surface area contributed by atoms with Crippen LogP contribution in [-0.4, -0.2) is 21.1 Å². The number of nitro groups is 1. The summed E-state index contributed by atoms with van der Waals surface area (Å²) in [5.74, 6) is 0. The number of hydrogen-bond donors (Lipinski definition) is 0. The van der Waals surface area contributed by atoms with Crippen LogP contribution in [0.1, 0.15) is 5.69 Å². The molecular formula is C15H10N4O2. The third kappa shape index (κ3) is 2.89. The first kappa shape index (κ1) is 12.9. The van der Waals surface area contributed by atoms with Gasteiger partial charge in [-0.15, -0.1) is 0 Å². The van der Waals surface area contributed by atoms with Crippen molar-refractivity contribution in [2.45, 2.75) is 0 Å². The topological polar surface area (TPSA) is 81.3 Å². The van der Waals surface area contributed by atoms with Crippen LogP contribution < -0.4 is 0 Å². The molecule has 1 aromatic heterocycles. The molecule has 0 fully saturated rings. The zero-order valence-corrected chi connectivity index (χ0v) is 10.9. The zero-order valence-electron chi connectivity index (χ0n) is 10.9. The van der Waals surface area contributed by atoms with Crippen LogP contribution in [0.3, 0.4) is 0 Å². The average molecular weight is 278 g/mol. The molecule has 3 rings (SSSR count). The van der Waals surface area contributed by atoms with E-state index in [2.05, 4.69) is 15.0 Å². The van der Waals surface area contributed by atoms with Crippen LogP contribution in [-0.2, 0) is 0 Å². The number of nitrogens with zero attached hydrogens (tertiary/aromatic N) is 4. The minimum absolute atomic E-state index is 0.0412. The van der Waals surface area contributed by atoms with E-state index < -0.39 is 4.92 Å². The lowest BCUT2D eigenvalue weighted by Crippen LogP contribution is -1.91. The van der Waals surface area contributed by atoms with Gasteiger partial charge in [-0.3, -0.25) is 20.1 Å². The summed E-state index contributed by atoms with van der Waals surface area (Å²) < 4.78 is 0. The van der Waals surface area contributed by atoms with Crippen molar-refractivity contribution >= 4 is 28.6 Å². The highest BCUT2D eigenvalue weighted by Gasteiger charge is 2.03. The van der Waals surface area contributed by atoms with Crippen LogP contribution in [0, 0.1) is 10.1 Å². The largest absolute Gasteiger partial charge is 0.269 e. The molecular weight excluding hydrogens is 268 g/mol. The second kappa shape index (κ2) is 5.46. The number of nitro benzene ring substituents is 1. The summed E-state index contributed by atoms with van der Waals surface area (Å²) in [4.78, 5) is 23.1. The Kier molecular flexibility index (Phi) is 3.34. The van der Waals surface area contributed by atoms with Crippen LogP contribution in [0.4, 0.5) is 11.4 Å². The number of non-ortho nitro benzene ring substituents is 1. The molecule has 0 radical (unpaired) electrons. The number of aliphatic imine (C=N–C) groups is 1. The minimum atomic E-state index is -0.442. The Morgan fingerprint density at radius 1 is 1.05 bits per heavy atom. The van der Waals surface area contributed by atoms with Gasteiger partial charge in [0.2, 0.25) is 0 Å². The first-order chi connectivity index (χ1) is 10.2. The molecule has 1 heterocycles. The van der Waals surface area contributed by atoms with Crippen molar-refractivity contribution < 1.29 is 4.92 Å². The Balaban J connectivity index is 1.85. The maximum absolute atomic E-state index is 10.6.